The number of benzene rings is 2. The van der Waals surface area contributed by atoms with Crippen LogP contribution >= 0.6 is 0 Å². The van der Waals surface area contributed by atoms with E-state index in [9.17, 15) is 27.5 Å². The van der Waals surface area contributed by atoms with E-state index in [1.54, 1.807) is 6.92 Å². The van der Waals surface area contributed by atoms with Crippen molar-refractivity contribution in [2.24, 2.45) is 5.73 Å². The fourth-order valence-corrected chi connectivity index (χ4v) is 4.45. The van der Waals surface area contributed by atoms with Crippen molar-refractivity contribution < 1.29 is 46.8 Å². The molecule has 1 aliphatic carbocycles. The van der Waals surface area contributed by atoms with E-state index in [-0.39, 0.29) is 59.8 Å². The molecule has 1 fully saturated rings. The average Bonchev–Trinajstić information content (AvgIpc) is 3.72. The van der Waals surface area contributed by atoms with Crippen LogP contribution in [0.25, 0.3) is 11.3 Å². The van der Waals surface area contributed by atoms with Crippen molar-refractivity contribution in [3.63, 3.8) is 0 Å². The molecule has 13 heteroatoms. The van der Waals surface area contributed by atoms with E-state index >= 15 is 0 Å². The van der Waals surface area contributed by atoms with Crippen molar-refractivity contribution in [2.75, 3.05) is 26.4 Å². The second kappa shape index (κ2) is 11.0. The summed E-state index contributed by atoms with van der Waals surface area (Å²) in [5.74, 6) is -0.912. The Labute approximate surface area is 238 Å². The maximum Gasteiger partial charge on any atom is 0.424 e. The molecule has 0 bridgehead atoms. The predicted molar refractivity (Wildman–Crippen MR) is 142 cm³/mol. The monoisotopic (exact) mass is 591 g/mol. The largest absolute Gasteiger partial charge is 0.489 e. The highest BCUT2D eigenvalue weighted by Gasteiger charge is 2.57. The molecule has 0 radical (unpaired) electrons. The molecule has 2 aliphatic rings. The SMILES string of the molecule is C[C@@]1(N)COc2c1cc(C(O)(CNC(=O)c1ccc(OC3CC3)c(OCCO)c1)C(F)(F)F)nc2-c1ccc(F)cc1. The van der Waals surface area contributed by atoms with Crippen LogP contribution in [-0.4, -0.2) is 59.7 Å². The predicted octanol–water partition coefficient (Wildman–Crippen LogP) is 3.55. The first-order valence-electron chi connectivity index (χ1n) is 13.2. The van der Waals surface area contributed by atoms with E-state index < -0.39 is 41.3 Å². The van der Waals surface area contributed by atoms with E-state index in [0.717, 1.165) is 31.0 Å². The Morgan fingerprint density at radius 1 is 1.17 bits per heavy atom. The number of alkyl halides is 3. The number of aliphatic hydroxyl groups is 2. The van der Waals surface area contributed by atoms with Crippen molar-refractivity contribution in [3.8, 4) is 28.5 Å². The molecule has 1 aliphatic heterocycles. The lowest BCUT2D eigenvalue weighted by atomic mass is 9.89. The molecule has 2 atom stereocenters. The Kier molecular flexibility index (Phi) is 7.77. The summed E-state index contributed by atoms with van der Waals surface area (Å²) in [6, 6.07) is 9.97. The van der Waals surface area contributed by atoms with Gasteiger partial charge in [-0.1, -0.05) is 0 Å². The molecule has 3 aromatic rings. The standard InChI is InChI=1S/C29H29F4N3O6/c1-27(34)15-41-25-20(27)13-23(36-24(25)16-2-5-18(30)6-3-16)28(39,29(31,32)33)14-35-26(38)17-4-9-21(42-19-7-8-19)22(12-17)40-11-10-37/h2-6,9,12-13,19,37,39H,7-8,10-11,14-15,34H2,1H3,(H,35,38)/t27-,28?/m1/s1. The molecule has 5 rings (SSSR count). The Hall–Kier alpha value is -3.94. The van der Waals surface area contributed by atoms with Crippen molar-refractivity contribution in [1.82, 2.24) is 10.3 Å². The van der Waals surface area contributed by atoms with Crippen molar-refractivity contribution in [3.05, 3.63) is 71.2 Å². The van der Waals surface area contributed by atoms with Gasteiger partial charge in [0.1, 0.15) is 24.7 Å². The molecule has 0 spiro atoms. The quantitative estimate of drug-likeness (QED) is 0.263. The number of aromatic nitrogens is 1. The molecule has 1 aromatic heterocycles. The van der Waals surface area contributed by atoms with Gasteiger partial charge in [0.15, 0.2) is 17.2 Å². The van der Waals surface area contributed by atoms with Gasteiger partial charge in [-0.15, -0.1) is 0 Å². The fourth-order valence-electron chi connectivity index (χ4n) is 4.45. The molecule has 0 saturated heterocycles. The lowest BCUT2D eigenvalue weighted by Gasteiger charge is -2.31. The van der Waals surface area contributed by atoms with Crippen LogP contribution in [0.1, 0.15) is 41.4 Å². The van der Waals surface area contributed by atoms with Gasteiger partial charge in [-0.2, -0.15) is 13.2 Å². The number of carbonyl (C=O) groups is 1. The number of pyridine rings is 1. The molecule has 1 amide bonds. The summed E-state index contributed by atoms with van der Waals surface area (Å²) in [5.41, 5.74) is 0.886. The van der Waals surface area contributed by atoms with Crippen LogP contribution in [0.5, 0.6) is 17.2 Å². The Balaban J connectivity index is 1.48. The summed E-state index contributed by atoms with van der Waals surface area (Å²) in [7, 11) is 0. The van der Waals surface area contributed by atoms with Gasteiger partial charge in [-0.25, -0.2) is 9.37 Å². The number of rotatable bonds is 10. The number of amides is 1. The van der Waals surface area contributed by atoms with Gasteiger partial charge in [-0.05, 0) is 68.3 Å². The summed E-state index contributed by atoms with van der Waals surface area (Å²) in [5, 5.41) is 22.4. The molecule has 2 aromatic carbocycles. The molecule has 5 N–H and O–H groups in total. The third-order valence-electron chi connectivity index (χ3n) is 6.99. The first-order valence-corrected chi connectivity index (χ1v) is 13.2. The average molecular weight is 592 g/mol. The summed E-state index contributed by atoms with van der Waals surface area (Å²) in [6.45, 7) is -0.204. The molecular weight excluding hydrogens is 562 g/mol. The number of nitrogens with two attached hydrogens (primary N) is 1. The van der Waals surface area contributed by atoms with Gasteiger partial charge in [0.2, 0.25) is 5.60 Å². The zero-order chi connectivity index (χ0) is 30.3. The number of ether oxygens (including phenoxy) is 3. The van der Waals surface area contributed by atoms with Gasteiger partial charge in [0, 0.05) is 16.7 Å². The second-order valence-electron chi connectivity index (χ2n) is 10.5. The van der Waals surface area contributed by atoms with Gasteiger partial charge in [-0.3, -0.25) is 4.79 Å². The third-order valence-corrected chi connectivity index (χ3v) is 6.99. The molecule has 9 nitrogen and oxygen atoms in total. The lowest BCUT2D eigenvalue weighted by molar-refractivity contribution is -0.265. The number of aliphatic hydroxyl groups excluding tert-OH is 1. The van der Waals surface area contributed by atoms with Gasteiger partial charge < -0.3 is 35.5 Å². The summed E-state index contributed by atoms with van der Waals surface area (Å²) < 4.78 is 74.1. The zero-order valence-corrected chi connectivity index (χ0v) is 22.5. The van der Waals surface area contributed by atoms with Crippen LogP contribution in [0.2, 0.25) is 0 Å². The number of nitrogens with zero attached hydrogens (tertiary/aromatic N) is 1. The number of hydrogen-bond donors (Lipinski definition) is 4. The van der Waals surface area contributed by atoms with Crippen molar-refractivity contribution in [2.45, 2.75) is 43.2 Å². The molecule has 224 valence electrons. The highest BCUT2D eigenvalue weighted by atomic mass is 19.4. The summed E-state index contributed by atoms with van der Waals surface area (Å²) in [4.78, 5) is 17.1. The molecule has 1 unspecified atom stereocenters. The highest BCUT2D eigenvalue weighted by molar-refractivity contribution is 5.95. The maximum atomic E-state index is 14.5. The van der Waals surface area contributed by atoms with Crippen LogP contribution < -0.4 is 25.3 Å². The zero-order valence-electron chi connectivity index (χ0n) is 22.5. The van der Waals surface area contributed by atoms with Gasteiger partial charge >= 0.3 is 6.18 Å². The van der Waals surface area contributed by atoms with Crippen molar-refractivity contribution >= 4 is 5.91 Å². The van der Waals surface area contributed by atoms with Gasteiger partial charge in [0.25, 0.3) is 5.91 Å². The van der Waals surface area contributed by atoms with Crippen LogP contribution in [0, 0.1) is 5.82 Å². The van der Waals surface area contributed by atoms with E-state index in [1.807, 2.05) is 0 Å². The highest BCUT2D eigenvalue weighted by Crippen LogP contribution is 2.46. The van der Waals surface area contributed by atoms with Crippen LogP contribution in [0.3, 0.4) is 0 Å². The third kappa shape index (κ3) is 5.85. The topological polar surface area (TPSA) is 136 Å². The van der Waals surface area contributed by atoms with E-state index in [1.165, 1.54) is 30.3 Å². The van der Waals surface area contributed by atoms with Crippen LogP contribution in [0.4, 0.5) is 17.6 Å². The van der Waals surface area contributed by atoms with E-state index in [4.69, 9.17) is 25.1 Å². The first kappa shape index (κ1) is 29.5. The molecule has 1 saturated carbocycles. The minimum Gasteiger partial charge on any atom is -0.489 e. The van der Waals surface area contributed by atoms with Crippen LogP contribution in [-0.2, 0) is 11.1 Å². The Bertz CT molecular complexity index is 1480. The number of hydrogen-bond acceptors (Lipinski definition) is 8. The summed E-state index contributed by atoms with van der Waals surface area (Å²) >= 11 is 0. The number of fused-ring (bicyclic) bond motifs is 1. The van der Waals surface area contributed by atoms with Crippen molar-refractivity contribution in [1.29, 1.82) is 0 Å². The van der Waals surface area contributed by atoms with E-state index in [2.05, 4.69) is 10.3 Å². The second-order valence-corrected chi connectivity index (χ2v) is 10.5. The molecule has 2 heterocycles. The Morgan fingerprint density at radius 3 is 2.52 bits per heavy atom. The van der Waals surface area contributed by atoms with E-state index in [0.29, 0.717) is 5.75 Å². The normalized spacial score (nSPS) is 19.4. The summed E-state index contributed by atoms with van der Waals surface area (Å²) in [6.07, 6.45) is -3.58. The van der Waals surface area contributed by atoms with Gasteiger partial charge in [0.05, 0.1) is 30.5 Å². The number of halogens is 4. The number of carbonyl (C=O) groups excluding carboxylic acids is 1. The molecular formula is C29H29F4N3O6. The smallest absolute Gasteiger partial charge is 0.424 e. The number of nitrogens with one attached hydrogen (secondary N) is 1. The fraction of sp³-hybridized carbons (Fsp3) is 0.379. The minimum absolute atomic E-state index is 0.00310. The maximum absolute atomic E-state index is 14.5. The Morgan fingerprint density at radius 2 is 1.88 bits per heavy atom. The minimum atomic E-state index is -5.29. The van der Waals surface area contributed by atoms with Crippen LogP contribution in [0.15, 0.2) is 48.5 Å². The lowest BCUT2D eigenvalue weighted by Crippen LogP contribution is -2.51. The molecule has 42 heavy (non-hydrogen) atoms. The first-order chi connectivity index (χ1) is 19.8.